The quantitative estimate of drug-likeness (QED) is 0.0211. The van der Waals surface area contributed by atoms with Gasteiger partial charge in [-0.1, -0.05) is 383 Å². The molecule has 0 aromatic heterocycles. The smallest absolute Gasteiger partial charge is 0.361 e. The van der Waals surface area contributed by atoms with Gasteiger partial charge in [0.15, 0.2) is 6.10 Å². The molecule has 1 N–H and O–H groups in total. The monoisotopic (exact) mass is 1280 g/mol. The summed E-state index contributed by atoms with van der Waals surface area (Å²) in [5, 5.41) is 9.77. The molecule has 9 nitrogen and oxygen atoms in total. The Morgan fingerprint density at radius 3 is 0.934 bits per heavy atom. The maximum absolute atomic E-state index is 13.0. The first-order valence-corrected chi connectivity index (χ1v) is 39.8. The van der Waals surface area contributed by atoms with Crippen LogP contribution in [0, 0.1) is 0 Å². The van der Waals surface area contributed by atoms with Crippen LogP contribution in [0.15, 0.2) is 48.6 Å². The van der Waals surface area contributed by atoms with Crippen LogP contribution in [0.5, 0.6) is 0 Å². The topological polar surface area (TPSA) is 108 Å². The molecule has 0 rings (SSSR count). The van der Waals surface area contributed by atoms with Crippen LogP contribution >= 0.6 is 0 Å². The van der Waals surface area contributed by atoms with Crippen molar-refractivity contribution in [3.8, 4) is 0 Å². The predicted molar refractivity (Wildman–Crippen MR) is 392 cm³/mol. The van der Waals surface area contributed by atoms with E-state index in [0.717, 1.165) is 64.2 Å². The highest BCUT2D eigenvalue weighted by molar-refractivity contribution is 5.71. The Kier molecular flexibility index (Phi) is 70.9. The maximum atomic E-state index is 13.0. The molecule has 0 aliphatic carbocycles. The van der Waals surface area contributed by atoms with Crippen molar-refractivity contribution in [2.75, 3.05) is 47.5 Å². The summed E-state index contributed by atoms with van der Waals surface area (Å²) in [7, 11) is 6.00. The molecule has 0 aromatic rings. The van der Waals surface area contributed by atoms with Crippen molar-refractivity contribution in [2.45, 2.75) is 411 Å². The summed E-state index contributed by atoms with van der Waals surface area (Å²) >= 11 is 0. The largest absolute Gasteiger partial charge is 0.477 e. The van der Waals surface area contributed by atoms with Gasteiger partial charge in [0.05, 0.1) is 34.4 Å². The number of hydrogen-bond acceptors (Lipinski definition) is 7. The molecular weight excluding hydrogens is 1130 g/mol. The van der Waals surface area contributed by atoms with Crippen molar-refractivity contribution in [1.82, 2.24) is 0 Å². The lowest BCUT2D eigenvalue weighted by Gasteiger charge is -2.25. The zero-order valence-electron chi connectivity index (χ0n) is 61.3. The number of esters is 2. The average molecular weight is 1280 g/mol. The van der Waals surface area contributed by atoms with Gasteiger partial charge in [0, 0.05) is 12.8 Å². The molecule has 0 amide bonds. The van der Waals surface area contributed by atoms with Gasteiger partial charge < -0.3 is 28.5 Å². The molecule has 0 fully saturated rings. The van der Waals surface area contributed by atoms with Gasteiger partial charge in [0.2, 0.25) is 0 Å². The van der Waals surface area contributed by atoms with Crippen LogP contribution in [0.4, 0.5) is 0 Å². The van der Waals surface area contributed by atoms with Crippen molar-refractivity contribution < 1.29 is 42.9 Å². The van der Waals surface area contributed by atoms with Crippen LogP contribution in [0.3, 0.4) is 0 Å². The number of rotatable bonds is 75. The fourth-order valence-electron chi connectivity index (χ4n) is 12.1. The molecule has 534 valence electrons. The van der Waals surface area contributed by atoms with Crippen molar-refractivity contribution >= 4 is 17.9 Å². The second-order valence-corrected chi connectivity index (χ2v) is 28.4. The Morgan fingerprint density at radius 1 is 0.341 bits per heavy atom. The Labute approximate surface area is 565 Å². The van der Waals surface area contributed by atoms with Gasteiger partial charge in [-0.25, -0.2) is 4.79 Å². The van der Waals surface area contributed by atoms with Crippen LogP contribution in [0.25, 0.3) is 0 Å². The molecule has 0 radical (unpaired) electrons. The van der Waals surface area contributed by atoms with E-state index in [1.54, 1.807) is 0 Å². The van der Waals surface area contributed by atoms with Gasteiger partial charge in [-0.3, -0.25) is 9.59 Å². The summed E-state index contributed by atoms with van der Waals surface area (Å²) in [6, 6.07) is 0. The van der Waals surface area contributed by atoms with E-state index in [-0.39, 0.29) is 38.2 Å². The minimum absolute atomic E-state index is 0.176. The molecule has 0 bridgehead atoms. The average Bonchev–Trinajstić information content (AvgIpc) is 3.46. The lowest BCUT2D eigenvalue weighted by molar-refractivity contribution is -0.870. The number of quaternary nitrogens is 1. The third-order valence-corrected chi connectivity index (χ3v) is 18.1. The third kappa shape index (κ3) is 74.5. The van der Waals surface area contributed by atoms with E-state index >= 15 is 0 Å². The van der Waals surface area contributed by atoms with Gasteiger partial charge in [0.1, 0.15) is 13.2 Å². The molecule has 0 heterocycles. The van der Waals surface area contributed by atoms with Crippen molar-refractivity contribution in [3.63, 3.8) is 0 Å². The number of carboxylic acids is 1. The van der Waals surface area contributed by atoms with Crippen LogP contribution in [0.2, 0.25) is 0 Å². The molecule has 0 aliphatic heterocycles. The number of nitrogens with zero attached hydrogens (tertiary/aromatic N) is 1. The van der Waals surface area contributed by atoms with Crippen LogP contribution in [0.1, 0.15) is 399 Å². The van der Waals surface area contributed by atoms with Crippen molar-refractivity contribution in [3.05, 3.63) is 48.6 Å². The Bertz CT molecular complexity index is 1630. The molecule has 0 spiro atoms. The second kappa shape index (κ2) is 73.1. The van der Waals surface area contributed by atoms with Gasteiger partial charge in [-0.2, -0.15) is 0 Å². The lowest BCUT2D eigenvalue weighted by Crippen LogP contribution is -2.40. The summed E-state index contributed by atoms with van der Waals surface area (Å²) in [5.41, 5.74) is 0. The number of aliphatic carboxylic acids is 1. The molecule has 9 heteroatoms. The van der Waals surface area contributed by atoms with E-state index in [4.69, 9.17) is 18.9 Å². The molecule has 0 aromatic carbocycles. The first-order valence-electron chi connectivity index (χ1n) is 39.8. The number of unbranched alkanes of at least 4 members (excludes halogenated alkanes) is 52. The number of carboxylic acid groups (broad SMARTS) is 1. The number of ether oxygens (including phenoxy) is 4. The fourth-order valence-corrected chi connectivity index (χ4v) is 12.1. The summed E-state index contributed by atoms with van der Waals surface area (Å²) in [6.07, 6.45) is 92.7. The Hall–Kier alpha value is -2.75. The summed E-state index contributed by atoms with van der Waals surface area (Å²) in [6.45, 7) is 4.85. The molecule has 2 unspecified atom stereocenters. The highest BCUT2D eigenvalue weighted by Gasteiger charge is 2.25. The van der Waals surface area contributed by atoms with E-state index in [1.165, 1.54) is 308 Å². The van der Waals surface area contributed by atoms with E-state index in [0.29, 0.717) is 17.4 Å². The summed E-state index contributed by atoms with van der Waals surface area (Å²) < 4.78 is 23.1. The van der Waals surface area contributed by atoms with E-state index in [1.807, 2.05) is 21.1 Å². The molecule has 91 heavy (non-hydrogen) atoms. The highest BCUT2D eigenvalue weighted by atomic mass is 16.7. The molecule has 0 saturated heterocycles. The maximum Gasteiger partial charge on any atom is 0.361 e. The fraction of sp³-hybridized carbons (Fsp3) is 0.866. The van der Waals surface area contributed by atoms with Crippen molar-refractivity contribution in [1.29, 1.82) is 0 Å². The number of allylic oxidation sites excluding steroid dienone is 8. The number of carbonyl (C=O) groups excluding carboxylic acids is 2. The first-order chi connectivity index (χ1) is 44.6. The molecular formula is C82H154NO8+. The first kappa shape index (κ1) is 88.2. The standard InChI is InChI=1S/C82H153NO8/c1-6-8-10-12-14-16-18-20-22-24-26-28-30-32-34-36-38-40-42-44-46-48-50-52-54-56-58-60-62-64-66-68-70-72-79(84)89-76-78(77-90-82(81(86)87)88-75-74-83(3,4)5)91-80(85)73-71-69-67-65-63-61-59-57-55-53-51-49-47-45-43-41-39-37-35-33-31-29-27-25-23-21-19-17-15-13-11-9-7-2/h9,11,15,17,21,23,27,29,78,82H,6-8,10,12-14,16,18-20,22,24-26,28,30-77H2,1-5H3/p+1/b11-9-,17-15-,23-21-,29-27-. The van der Waals surface area contributed by atoms with Crippen LogP contribution in [-0.4, -0.2) is 87.4 Å². The zero-order valence-corrected chi connectivity index (χ0v) is 61.3. The SMILES string of the molecule is CC/C=C\C/C=C\C/C=C\C/C=C\CCCCCCCCCCCCCCCCCCCCCCC(=O)OC(COC(=O)CCCCCCCCCCCCCCCCCCCCCCCCCCCCCCCCCCC)COC(OCC[N+](C)(C)C)C(=O)O. The Balaban J connectivity index is 3.97. The van der Waals surface area contributed by atoms with E-state index in [2.05, 4.69) is 62.5 Å². The minimum Gasteiger partial charge on any atom is -0.477 e. The highest BCUT2D eigenvalue weighted by Crippen LogP contribution is 2.20. The van der Waals surface area contributed by atoms with Crippen LogP contribution < -0.4 is 0 Å². The molecule has 0 aliphatic rings. The Morgan fingerprint density at radius 2 is 0.626 bits per heavy atom. The van der Waals surface area contributed by atoms with Gasteiger partial charge >= 0.3 is 17.9 Å². The van der Waals surface area contributed by atoms with Gasteiger partial charge in [-0.05, 0) is 51.4 Å². The number of hydrogen-bond donors (Lipinski definition) is 1. The minimum atomic E-state index is -1.51. The van der Waals surface area contributed by atoms with Gasteiger partial charge in [-0.15, -0.1) is 0 Å². The van der Waals surface area contributed by atoms with E-state index in [9.17, 15) is 19.5 Å². The summed E-state index contributed by atoms with van der Waals surface area (Å²) in [5.74, 6) is -1.97. The molecule has 2 atom stereocenters. The number of likely N-dealkylation sites (N-methyl/N-ethyl adjacent to an activating group) is 1. The predicted octanol–water partition coefficient (Wildman–Crippen LogP) is 25.3. The number of carbonyl (C=O) groups is 3. The normalized spacial score (nSPS) is 12.8. The van der Waals surface area contributed by atoms with Gasteiger partial charge in [0.25, 0.3) is 6.29 Å². The summed E-state index contributed by atoms with van der Waals surface area (Å²) in [4.78, 5) is 37.7. The molecule has 0 saturated carbocycles. The van der Waals surface area contributed by atoms with Crippen molar-refractivity contribution in [2.24, 2.45) is 0 Å². The third-order valence-electron chi connectivity index (χ3n) is 18.1. The second-order valence-electron chi connectivity index (χ2n) is 28.4. The van der Waals surface area contributed by atoms with E-state index < -0.39 is 18.4 Å². The van der Waals surface area contributed by atoms with Crippen LogP contribution in [-0.2, 0) is 33.3 Å². The lowest BCUT2D eigenvalue weighted by atomic mass is 10.0. The zero-order chi connectivity index (χ0) is 66.1.